The molecule has 1 aromatic rings. The highest BCUT2D eigenvalue weighted by molar-refractivity contribution is 5.80. The lowest BCUT2D eigenvalue weighted by Crippen LogP contribution is -2.61. The Labute approximate surface area is 171 Å². The second-order valence-corrected chi connectivity index (χ2v) is 8.86. The first-order chi connectivity index (χ1) is 14.1. The van der Waals surface area contributed by atoms with E-state index in [-0.39, 0.29) is 24.0 Å². The van der Waals surface area contributed by atoms with Gasteiger partial charge in [0.15, 0.2) is 0 Å². The minimum Gasteiger partial charge on any atom is -0.440 e. The number of piperidine rings is 1. The molecule has 1 atom stereocenters. The molecule has 2 amide bonds. The van der Waals surface area contributed by atoms with Crippen molar-refractivity contribution < 1.29 is 14.3 Å². The van der Waals surface area contributed by atoms with E-state index in [0.29, 0.717) is 19.6 Å². The third-order valence-corrected chi connectivity index (χ3v) is 7.22. The monoisotopic (exact) mass is 399 g/mol. The van der Waals surface area contributed by atoms with Crippen LogP contribution < -0.4 is 4.90 Å². The first-order valence-corrected chi connectivity index (χ1v) is 10.9. The summed E-state index contributed by atoms with van der Waals surface area (Å²) in [5.41, 5.74) is -0.496. The maximum Gasteiger partial charge on any atom is 0.410 e. The van der Waals surface area contributed by atoms with Crippen LogP contribution in [0.2, 0.25) is 0 Å². The predicted molar refractivity (Wildman–Crippen MR) is 106 cm³/mol. The van der Waals surface area contributed by atoms with Gasteiger partial charge in [0.1, 0.15) is 17.2 Å². The molecular weight excluding hydrogens is 370 g/mol. The summed E-state index contributed by atoms with van der Waals surface area (Å²) in [6.07, 6.45) is 7.42. The van der Waals surface area contributed by atoms with Crippen molar-refractivity contribution in [1.82, 2.24) is 19.8 Å². The van der Waals surface area contributed by atoms with Gasteiger partial charge in [0.25, 0.3) is 0 Å². The van der Waals surface area contributed by atoms with Gasteiger partial charge in [0.2, 0.25) is 5.91 Å². The number of carbonyl (C=O) groups excluding carboxylic acids is 2. The molecule has 0 N–H and O–H groups in total. The number of aryl methyl sites for hydroxylation is 1. The molecule has 1 spiro atoms. The van der Waals surface area contributed by atoms with Gasteiger partial charge < -0.3 is 14.5 Å². The average molecular weight is 399 g/mol. The fourth-order valence-corrected chi connectivity index (χ4v) is 5.55. The number of amides is 2. The van der Waals surface area contributed by atoms with Crippen molar-refractivity contribution >= 4 is 17.8 Å². The highest BCUT2D eigenvalue weighted by Crippen LogP contribution is 2.41. The molecule has 5 rings (SSSR count). The standard InChI is InChI=1S/C21H29N5O3/c1-15-22-9-6-18(23-15)24-10-7-21(8-11-24)17-14-25(12-13-26(17)20(28)29-21)19(27)16-4-2-3-5-16/h6,9,16-17H,2-5,7-8,10-14H2,1H3. The minimum absolute atomic E-state index is 0.0385. The van der Waals surface area contributed by atoms with Gasteiger partial charge in [-0.1, -0.05) is 12.8 Å². The van der Waals surface area contributed by atoms with Gasteiger partial charge in [-0.2, -0.15) is 0 Å². The van der Waals surface area contributed by atoms with Gasteiger partial charge in [-0.25, -0.2) is 14.8 Å². The number of ether oxygens (including phenoxy) is 1. The molecule has 1 aromatic heterocycles. The fourth-order valence-electron chi connectivity index (χ4n) is 5.55. The molecule has 156 valence electrons. The normalized spacial score (nSPS) is 26.7. The highest BCUT2D eigenvalue weighted by atomic mass is 16.6. The van der Waals surface area contributed by atoms with E-state index >= 15 is 0 Å². The Morgan fingerprint density at radius 3 is 2.66 bits per heavy atom. The zero-order valence-electron chi connectivity index (χ0n) is 17.0. The van der Waals surface area contributed by atoms with Gasteiger partial charge in [-0.15, -0.1) is 0 Å². The van der Waals surface area contributed by atoms with E-state index in [2.05, 4.69) is 14.9 Å². The number of hydrogen-bond donors (Lipinski definition) is 0. The van der Waals surface area contributed by atoms with Crippen LogP contribution in [-0.2, 0) is 9.53 Å². The Balaban J connectivity index is 1.30. The zero-order chi connectivity index (χ0) is 20.0. The molecule has 0 radical (unpaired) electrons. The van der Waals surface area contributed by atoms with Crippen molar-refractivity contribution in [1.29, 1.82) is 0 Å². The lowest BCUT2D eigenvalue weighted by atomic mass is 9.83. The molecule has 29 heavy (non-hydrogen) atoms. The quantitative estimate of drug-likeness (QED) is 0.757. The Hall–Kier alpha value is -2.38. The van der Waals surface area contributed by atoms with Crippen LogP contribution >= 0.6 is 0 Å². The van der Waals surface area contributed by atoms with E-state index in [9.17, 15) is 9.59 Å². The highest BCUT2D eigenvalue weighted by Gasteiger charge is 2.57. The molecular formula is C21H29N5O3. The van der Waals surface area contributed by atoms with Gasteiger partial charge >= 0.3 is 6.09 Å². The summed E-state index contributed by atoms with van der Waals surface area (Å²) >= 11 is 0. The van der Waals surface area contributed by atoms with E-state index in [1.807, 2.05) is 22.8 Å². The minimum atomic E-state index is -0.496. The van der Waals surface area contributed by atoms with Crippen molar-refractivity contribution in [2.24, 2.45) is 5.92 Å². The molecule has 1 saturated carbocycles. The second-order valence-electron chi connectivity index (χ2n) is 8.86. The van der Waals surface area contributed by atoms with E-state index in [0.717, 1.165) is 63.3 Å². The maximum absolute atomic E-state index is 13.0. The van der Waals surface area contributed by atoms with Crippen LogP contribution in [0.4, 0.5) is 10.6 Å². The fraction of sp³-hybridized carbons (Fsp3) is 0.714. The summed E-state index contributed by atoms with van der Waals surface area (Å²) in [6, 6.07) is 1.89. The lowest BCUT2D eigenvalue weighted by molar-refractivity contribution is -0.138. The SMILES string of the molecule is Cc1nccc(N2CCC3(CC2)OC(=O)N2CCN(C(=O)C4CCCC4)CC23)n1. The summed E-state index contributed by atoms with van der Waals surface area (Å²) in [6.45, 7) is 5.27. The van der Waals surface area contributed by atoms with Gasteiger partial charge in [-0.3, -0.25) is 9.69 Å². The molecule has 3 saturated heterocycles. The lowest BCUT2D eigenvalue weighted by Gasteiger charge is -2.45. The van der Waals surface area contributed by atoms with E-state index in [1.54, 1.807) is 6.20 Å². The van der Waals surface area contributed by atoms with E-state index in [4.69, 9.17) is 4.74 Å². The first-order valence-electron chi connectivity index (χ1n) is 10.9. The van der Waals surface area contributed by atoms with Crippen molar-refractivity contribution in [3.05, 3.63) is 18.1 Å². The number of rotatable bonds is 2. The molecule has 4 aliphatic rings. The van der Waals surface area contributed by atoms with Crippen molar-refractivity contribution in [2.75, 3.05) is 37.6 Å². The third-order valence-electron chi connectivity index (χ3n) is 7.22. The number of piperazine rings is 1. The molecule has 4 fully saturated rings. The van der Waals surface area contributed by atoms with Crippen LogP contribution in [0.25, 0.3) is 0 Å². The second kappa shape index (κ2) is 7.15. The Morgan fingerprint density at radius 1 is 1.17 bits per heavy atom. The number of aromatic nitrogens is 2. The summed E-state index contributed by atoms with van der Waals surface area (Å²) in [5, 5.41) is 0. The Morgan fingerprint density at radius 2 is 1.93 bits per heavy atom. The molecule has 0 bridgehead atoms. The number of hydrogen-bond acceptors (Lipinski definition) is 6. The summed E-state index contributed by atoms with van der Waals surface area (Å²) in [5.74, 6) is 2.15. The molecule has 3 aliphatic heterocycles. The molecule has 8 heteroatoms. The smallest absolute Gasteiger partial charge is 0.410 e. The molecule has 4 heterocycles. The summed E-state index contributed by atoms with van der Waals surface area (Å²) in [7, 11) is 0. The van der Waals surface area contributed by atoms with Crippen molar-refractivity contribution in [2.45, 2.75) is 57.1 Å². The molecule has 1 unspecified atom stereocenters. The molecule has 1 aliphatic carbocycles. The van der Waals surface area contributed by atoms with E-state index < -0.39 is 5.60 Å². The summed E-state index contributed by atoms with van der Waals surface area (Å²) < 4.78 is 5.99. The van der Waals surface area contributed by atoms with Gasteiger partial charge in [0, 0.05) is 57.7 Å². The first kappa shape index (κ1) is 18.6. The van der Waals surface area contributed by atoms with Crippen molar-refractivity contribution in [3.63, 3.8) is 0 Å². The van der Waals surface area contributed by atoms with Crippen LogP contribution in [0.5, 0.6) is 0 Å². The van der Waals surface area contributed by atoms with Gasteiger partial charge in [0.05, 0.1) is 6.04 Å². The van der Waals surface area contributed by atoms with Crippen LogP contribution in [0.1, 0.15) is 44.3 Å². The zero-order valence-corrected chi connectivity index (χ0v) is 17.0. The largest absolute Gasteiger partial charge is 0.440 e. The number of fused-ring (bicyclic) bond motifs is 2. The van der Waals surface area contributed by atoms with E-state index in [1.165, 1.54) is 0 Å². The molecule has 8 nitrogen and oxygen atoms in total. The topological polar surface area (TPSA) is 78.9 Å². The third kappa shape index (κ3) is 3.22. The van der Waals surface area contributed by atoms with Crippen LogP contribution in [0.3, 0.4) is 0 Å². The Bertz CT molecular complexity index is 801. The predicted octanol–water partition coefficient (Wildman–Crippen LogP) is 1.98. The number of carbonyl (C=O) groups is 2. The van der Waals surface area contributed by atoms with Crippen molar-refractivity contribution in [3.8, 4) is 0 Å². The number of anilines is 1. The maximum atomic E-state index is 13.0. The number of nitrogens with zero attached hydrogens (tertiary/aromatic N) is 5. The average Bonchev–Trinajstić information content (AvgIpc) is 3.36. The van der Waals surface area contributed by atoms with Crippen LogP contribution in [0.15, 0.2) is 12.3 Å². The molecule has 0 aromatic carbocycles. The summed E-state index contributed by atoms with van der Waals surface area (Å²) in [4.78, 5) is 40.4. The van der Waals surface area contributed by atoms with Crippen LogP contribution in [-0.4, -0.2) is 76.1 Å². The van der Waals surface area contributed by atoms with Gasteiger partial charge in [-0.05, 0) is 25.8 Å². The van der Waals surface area contributed by atoms with Crippen LogP contribution in [0, 0.1) is 12.8 Å². The Kier molecular flexibility index (Phi) is 4.59.